The number of carbonyl (C=O) groups is 2. The highest BCUT2D eigenvalue weighted by molar-refractivity contribution is 5.79. The molecule has 0 saturated carbocycles. The van der Waals surface area contributed by atoms with Gasteiger partial charge in [0.2, 0.25) is 11.8 Å². The Labute approximate surface area is 103 Å². The lowest BCUT2D eigenvalue weighted by molar-refractivity contribution is -0.134. The Bertz CT molecular complexity index is 281. The molecular weight excluding hydrogens is 218 g/mol. The van der Waals surface area contributed by atoms with Gasteiger partial charge >= 0.3 is 0 Å². The SMILES string of the molecule is CCCC(N)CC(=O)NC1CCC(=O)N(C)C1. The van der Waals surface area contributed by atoms with E-state index in [-0.39, 0.29) is 23.9 Å². The summed E-state index contributed by atoms with van der Waals surface area (Å²) in [6.07, 6.45) is 3.49. The minimum absolute atomic E-state index is 0.00120. The lowest BCUT2D eigenvalue weighted by atomic mass is 10.0. The third-order valence-electron chi connectivity index (χ3n) is 3.10. The molecule has 3 N–H and O–H groups in total. The quantitative estimate of drug-likeness (QED) is 0.724. The van der Waals surface area contributed by atoms with Crippen LogP contribution in [-0.4, -0.2) is 42.4 Å². The molecule has 1 saturated heterocycles. The van der Waals surface area contributed by atoms with Crippen LogP contribution in [-0.2, 0) is 9.59 Å². The van der Waals surface area contributed by atoms with Crippen LogP contribution in [0.3, 0.4) is 0 Å². The molecule has 5 nitrogen and oxygen atoms in total. The first-order chi connectivity index (χ1) is 8.02. The fourth-order valence-corrected chi connectivity index (χ4v) is 2.13. The summed E-state index contributed by atoms with van der Waals surface area (Å²) in [5, 5.41) is 2.95. The molecule has 0 spiro atoms. The fraction of sp³-hybridized carbons (Fsp3) is 0.833. The summed E-state index contributed by atoms with van der Waals surface area (Å²) in [6, 6.07) is 0.0296. The van der Waals surface area contributed by atoms with Gasteiger partial charge in [0.15, 0.2) is 0 Å². The van der Waals surface area contributed by atoms with Crippen molar-refractivity contribution < 1.29 is 9.59 Å². The highest BCUT2D eigenvalue weighted by Crippen LogP contribution is 2.10. The number of nitrogens with one attached hydrogen (secondary N) is 1. The van der Waals surface area contributed by atoms with Gasteiger partial charge in [-0.05, 0) is 12.8 Å². The van der Waals surface area contributed by atoms with Crippen molar-refractivity contribution in [2.75, 3.05) is 13.6 Å². The summed E-state index contributed by atoms with van der Waals surface area (Å²) >= 11 is 0. The molecule has 2 unspecified atom stereocenters. The van der Waals surface area contributed by atoms with Crippen molar-refractivity contribution in [1.29, 1.82) is 0 Å². The summed E-state index contributed by atoms with van der Waals surface area (Å²) in [7, 11) is 1.77. The molecule has 0 bridgehead atoms. The molecule has 17 heavy (non-hydrogen) atoms. The van der Waals surface area contributed by atoms with Crippen molar-refractivity contribution in [3.05, 3.63) is 0 Å². The summed E-state index contributed by atoms with van der Waals surface area (Å²) < 4.78 is 0. The first-order valence-corrected chi connectivity index (χ1v) is 6.31. The molecule has 1 aliphatic rings. The molecule has 0 aliphatic carbocycles. The van der Waals surface area contributed by atoms with Gasteiger partial charge in [-0.15, -0.1) is 0 Å². The number of nitrogens with two attached hydrogens (primary N) is 1. The standard InChI is InChI=1S/C12H23N3O2/c1-3-4-9(13)7-11(16)14-10-5-6-12(17)15(2)8-10/h9-10H,3-8,13H2,1-2H3,(H,14,16). The lowest BCUT2D eigenvalue weighted by Crippen LogP contribution is -2.49. The normalized spacial score (nSPS) is 22.4. The van der Waals surface area contributed by atoms with Gasteiger partial charge in [-0.1, -0.05) is 13.3 Å². The Morgan fingerprint density at radius 2 is 2.35 bits per heavy atom. The second-order valence-electron chi connectivity index (χ2n) is 4.83. The number of amides is 2. The van der Waals surface area contributed by atoms with Gasteiger partial charge < -0.3 is 16.0 Å². The number of likely N-dealkylation sites (tertiary alicyclic amines) is 1. The minimum atomic E-state index is -0.0528. The van der Waals surface area contributed by atoms with E-state index in [1.807, 2.05) is 0 Å². The third-order valence-corrected chi connectivity index (χ3v) is 3.10. The predicted octanol–water partition coefficient (Wildman–Crippen LogP) is 0.241. The van der Waals surface area contributed by atoms with Crippen molar-refractivity contribution in [2.24, 2.45) is 5.73 Å². The molecule has 1 heterocycles. The van der Waals surface area contributed by atoms with Gasteiger partial charge in [0.1, 0.15) is 0 Å². The molecule has 2 amide bonds. The molecule has 0 aromatic heterocycles. The van der Waals surface area contributed by atoms with Crippen LogP contribution in [0, 0.1) is 0 Å². The van der Waals surface area contributed by atoms with E-state index in [4.69, 9.17) is 5.73 Å². The monoisotopic (exact) mass is 241 g/mol. The summed E-state index contributed by atoms with van der Waals surface area (Å²) in [5.74, 6) is 0.150. The van der Waals surface area contributed by atoms with Gasteiger partial charge in [-0.2, -0.15) is 0 Å². The number of nitrogens with zero attached hydrogens (tertiary/aromatic N) is 1. The minimum Gasteiger partial charge on any atom is -0.352 e. The smallest absolute Gasteiger partial charge is 0.222 e. The van der Waals surface area contributed by atoms with Crippen molar-refractivity contribution in [2.45, 2.75) is 51.1 Å². The van der Waals surface area contributed by atoms with E-state index in [0.717, 1.165) is 19.3 Å². The average Bonchev–Trinajstić information content (AvgIpc) is 2.23. The van der Waals surface area contributed by atoms with E-state index >= 15 is 0 Å². The topological polar surface area (TPSA) is 75.4 Å². The lowest BCUT2D eigenvalue weighted by Gasteiger charge is -2.30. The first-order valence-electron chi connectivity index (χ1n) is 6.31. The molecule has 1 aliphatic heterocycles. The Morgan fingerprint density at radius 1 is 1.65 bits per heavy atom. The summed E-state index contributed by atoms with van der Waals surface area (Å²) in [5.41, 5.74) is 5.81. The van der Waals surface area contributed by atoms with Gasteiger partial charge in [-0.25, -0.2) is 0 Å². The number of hydrogen-bond donors (Lipinski definition) is 2. The zero-order valence-electron chi connectivity index (χ0n) is 10.7. The summed E-state index contributed by atoms with van der Waals surface area (Å²) in [6.45, 7) is 2.66. The Morgan fingerprint density at radius 3 is 2.94 bits per heavy atom. The number of carbonyl (C=O) groups excluding carboxylic acids is 2. The van der Waals surface area contributed by atoms with Crippen LogP contribution in [0.4, 0.5) is 0 Å². The van der Waals surface area contributed by atoms with Crippen LogP contribution >= 0.6 is 0 Å². The molecule has 98 valence electrons. The Kier molecular flexibility index (Phi) is 5.41. The van der Waals surface area contributed by atoms with Crippen molar-refractivity contribution in [3.63, 3.8) is 0 Å². The van der Waals surface area contributed by atoms with Crippen LogP contribution in [0.5, 0.6) is 0 Å². The largest absolute Gasteiger partial charge is 0.352 e. The van der Waals surface area contributed by atoms with Gasteiger partial charge in [-0.3, -0.25) is 9.59 Å². The maximum absolute atomic E-state index is 11.7. The Balaban J connectivity index is 2.29. The molecule has 1 fully saturated rings. The molecule has 0 aromatic carbocycles. The van der Waals surface area contributed by atoms with Crippen molar-refractivity contribution in [1.82, 2.24) is 10.2 Å². The highest BCUT2D eigenvalue weighted by atomic mass is 16.2. The van der Waals surface area contributed by atoms with E-state index < -0.39 is 0 Å². The van der Waals surface area contributed by atoms with E-state index in [9.17, 15) is 9.59 Å². The van der Waals surface area contributed by atoms with E-state index in [0.29, 0.717) is 19.4 Å². The van der Waals surface area contributed by atoms with E-state index in [1.165, 1.54) is 0 Å². The summed E-state index contributed by atoms with van der Waals surface area (Å²) in [4.78, 5) is 24.6. The van der Waals surface area contributed by atoms with Crippen molar-refractivity contribution in [3.8, 4) is 0 Å². The maximum Gasteiger partial charge on any atom is 0.222 e. The number of piperidine rings is 1. The highest BCUT2D eigenvalue weighted by Gasteiger charge is 2.24. The van der Waals surface area contributed by atoms with Crippen LogP contribution in [0.1, 0.15) is 39.0 Å². The predicted molar refractivity (Wildman–Crippen MR) is 66.3 cm³/mol. The fourth-order valence-electron chi connectivity index (χ4n) is 2.13. The van der Waals surface area contributed by atoms with Crippen LogP contribution in [0.2, 0.25) is 0 Å². The third kappa shape index (κ3) is 4.73. The first kappa shape index (κ1) is 14.0. The van der Waals surface area contributed by atoms with Gasteiger partial charge in [0.05, 0.1) is 0 Å². The zero-order chi connectivity index (χ0) is 12.8. The Hall–Kier alpha value is -1.10. The number of rotatable bonds is 5. The molecule has 0 radical (unpaired) electrons. The number of likely N-dealkylation sites (N-methyl/N-ethyl adjacent to an activating group) is 1. The number of hydrogen-bond acceptors (Lipinski definition) is 3. The van der Waals surface area contributed by atoms with Gasteiger partial charge in [0.25, 0.3) is 0 Å². The molecule has 5 heteroatoms. The van der Waals surface area contributed by atoms with Gasteiger partial charge in [0, 0.05) is 38.5 Å². The zero-order valence-corrected chi connectivity index (χ0v) is 10.7. The maximum atomic E-state index is 11.7. The second-order valence-corrected chi connectivity index (χ2v) is 4.83. The van der Waals surface area contributed by atoms with Crippen LogP contribution in [0.15, 0.2) is 0 Å². The molecular formula is C12H23N3O2. The van der Waals surface area contributed by atoms with E-state index in [2.05, 4.69) is 12.2 Å². The van der Waals surface area contributed by atoms with Crippen molar-refractivity contribution >= 4 is 11.8 Å². The average molecular weight is 241 g/mol. The molecule has 2 atom stereocenters. The van der Waals surface area contributed by atoms with Crippen LogP contribution < -0.4 is 11.1 Å². The van der Waals surface area contributed by atoms with Crippen LogP contribution in [0.25, 0.3) is 0 Å². The molecule has 0 aromatic rings. The molecule has 1 rings (SSSR count). The second kappa shape index (κ2) is 6.59. The van der Waals surface area contributed by atoms with E-state index in [1.54, 1.807) is 11.9 Å².